The molecule has 1 aliphatic heterocycles. The first-order valence-corrected chi connectivity index (χ1v) is 9.09. The van der Waals surface area contributed by atoms with Crippen LogP contribution in [0.15, 0.2) is 60.8 Å². The molecular weight excluding hydrogens is 370 g/mol. The van der Waals surface area contributed by atoms with E-state index in [9.17, 15) is 9.59 Å². The van der Waals surface area contributed by atoms with Crippen molar-refractivity contribution in [2.45, 2.75) is 12.5 Å². The van der Waals surface area contributed by atoms with Gasteiger partial charge < -0.3 is 20.9 Å². The highest BCUT2D eigenvalue weighted by molar-refractivity contribution is 5.99. The van der Waals surface area contributed by atoms with Gasteiger partial charge in [-0.3, -0.25) is 9.59 Å². The van der Waals surface area contributed by atoms with Crippen LogP contribution in [-0.2, 0) is 0 Å². The van der Waals surface area contributed by atoms with Crippen molar-refractivity contribution < 1.29 is 19.1 Å². The van der Waals surface area contributed by atoms with E-state index in [0.717, 1.165) is 11.1 Å². The Hall–Kier alpha value is -3.87. The fourth-order valence-corrected chi connectivity index (χ4v) is 3.23. The molecule has 3 aromatic rings. The van der Waals surface area contributed by atoms with E-state index in [1.165, 1.54) is 0 Å². The number of pyridine rings is 1. The zero-order valence-electron chi connectivity index (χ0n) is 15.5. The first-order valence-electron chi connectivity index (χ1n) is 9.09. The molecule has 0 bridgehead atoms. The standard InChI is InChI=1S/C22H19N3O4/c23-20-11-15(7-9-25-20)21(13-1-3-14(4-2-13)22(24)27)29-16-5-6-17-18(26)8-10-28-19(17)12-16/h1-7,9,11-12,21H,8,10H2,(H2,23,25)(H2,24,27). The van der Waals surface area contributed by atoms with E-state index in [0.29, 0.717) is 41.5 Å². The maximum atomic E-state index is 12.0. The van der Waals surface area contributed by atoms with Crippen LogP contribution in [-0.4, -0.2) is 23.3 Å². The minimum Gasteiger partial charge on any atom is -0.492 e. The normalized spacial score (nSPS) is 13.9. The molecule has 1 aliphatic rings. The van der Waals surface area contributed by atoms with E-state index in [-0.39, 0.29) is 5.78 Å². The molecule has 4 N–H and O–H groups in total. The van der Waals surface area contributed by atoms with Crippen LogP contribution in [0.1, 0.15) is 44.4 Å². The van der Waals surface area contributed by atoms with Crippen LogP contribution in [0, 0.1) is 0 Å². The van der Waals surface area contributed by atoms with E-state index in [4.69, 9.17) is 20.9 Å². The molecule has 4 rings (SSSR count). The number of carbonyl (C=O) groups excluding carboxylic acids is 2. The maximum Gasteiger partial charge on any atom is 0.248 e. The van der Waals surface area contributed by atoms with Crippen LogP contribution in [0.3, 0.4) is 0 Å². The molecule has 146 valence electrons. The van der Waals surface area contributed by atoms with Crippen LogP contribution in [0.4, 0.5) is 5.82 Å². The molecule has 2 aromatic carbocycles. The van der Waals surface area contributed by atoms with Crippen molar-refractivity contribution in [1.82, 2.24) is 4.98 Å². The summed E-state index contributed by atoms with van der Waals surface area (Å²) in [4.78, 5) is 27.4. The summed E-state index contributed by atoms with van der Waals surface area (Å²) in [7, 11) is 0. The van der Waals surface area contributed by atoms with Gasteiger partial charge in [0.25, 0.3) is 0 Å². The van der Waals surface area contributed by atoms with E-state index in [1.54, 1.807) is 60.8 Å². The van der Waals surface area contributed by atoms with Crippen molar-refractivity contribution in [3.05, 3.63) is 83.0 Å². The molecule has 0 aliphatic carbocycles. The minimum atomic E-state index is -0.514. The van der Waals surface area contributed by atoms with Crippen LogP contribution < -0.4 is 20.9 Å². The number of fused-ring (bicyclic) bond motifs is 1. The lowest BCUT2D eigenvalue weighted by Gasteiger charge is -2.22. The summed E-state index contributed by atoms with van der Waals surface area (Å²) in [5.74, 6) is 0.967. The molecule has 1 aromatic heterocycles. The van der Waals surface area contributed by atoms with E-state index in [2.05, 4.69) is 4.98 Å². The Morgan fingerprint density at radius 1 is 1.07 bits per heavy atom. The second-order valence-corrected chi connectivity index (χ2v) is 6.68. The number of ketones is 1. The molecule has 0 saturated heterocycles. The summed E-state index contributed by atoms with van der Waals surface area (Å²) in [6.45, 7) is 0.355. The summed E-state index contributed by atoms with van der Waals surface area (Å²) in [6, 6.07) is 15.5. The third-order valence-electron chi connectivity index (χ3n) is 4.70. The van der Waals surface area contributed by atoms with Crippen LogP contribution >= 0.6 is 0 Å². The summed E-state index contributed by atoms with van der Waals surface area (Å²) in [6.07, 6.45) is 1.46. The Morgan fingerprint density at radius 3 is 2.59 bits per heavy atom. The molecule has 1 atom stereocenters. The first kappa shape index (κ1) is 18.5. The van der Waals surface area contributed by atoms with Gasteiger partial charge in [0.05, 0.1) is 12.2 Å². The zero-order valence-corrected chi connectivity index (χ0v) is 15.5. The summed E-state index contributed by atoms with van der Waals surface area (Å²) in [5.41, 5.74) is 13.7. The smallest absolute Gasteiger partial charge is 0.248 e. The number of Topliss-reactive ketones (excluding diaryl/α,β-unsaturated/α-hetero) is 1. The highest BCUT2D eigenvalue weighted by atomic mass is 16.5. The van der Waals surface area contributed by atoms with Gasteiger partial charge in [0.1, 0.15) is 23.4 Å². The lowest BCUT2D eigenvalue weighted by Crippen LogP contribution is -2.16. The average Bonchev–Trinajstić information content (AvgIpc) is 2.72. The summed E-state index contributed by atoms with van der Waals surface area (Å²) < 4.78 is 11.9. The summed E-state index contributed by atoms with van der Waals surface area (Å²) in [5, 5.41) is 0. The van der Waals surface area contributed by atoms with Crippen molar-refractivity contribution in [2.75, 3.05) is 12.3 Å². The second-order valence-electron chi connectivity index (χ2n) is 6.68. The van der Waals surface area contributed by atoms with Gasteiger partial charge in [0, 0.05) is 29.8 Å². The number of aromatic nitrogens is 1. The van der Waals surface area contributed by atoms with Crippen LogP contribution in [0.5, 0.6) is 11.5 Å². The van der Waals surface area contributed by atoms with Gasteiger partial charge in [-0.2, -0.15) is 0 Å². The highest BCUT2D eigenvalue weighted by Crippen LogP contribution is 2.34. The van der Waals surface area contributed by atoms with Gasteiger partial charge in [-0.05, 0) is 42.0 Å². The van der Waals surface area contributed by atoms with Gasteiger partial charge in [-0.1, -0.05) is 12.1 Å². The minimum absolute atomic E-state index is 0.0540. The number of nitrogen functional groups attached to an aromatic ring is 1. The van der Waals surface area contributed by atoms with Crippen LogP contribution in [0.25, 0.3) is 0 Å². The molecule has 0 saturated carbocycles. The fourth-order valence-electron chi connectivity index (χ4n) is 3.23. The lowest BCUT2D eigenvalue weighted by atomic mass is 10.00. The molecule has 7 nitrogen and oxygen atoms in total. The van der Waals surface area contributed by atoms with Gasteiger partial charge >= 0.3 is 0 Å². The van der Waals surface area contributed by atoms with E-state index in [1.807, 2.05) is 0 Å². The second kappa shape index (κ2) is 7.63. The van der Waals surface area contributed by atoms with Crippen molar-refractivity contribution in [2.24, 2.45) is 5.73 Å². The predicted molar refractivity (Wildman–Crippen MR) is 107 cm³/mol. The number of carbonyl (C=O) groups is 2. The van der Waals surface area contributed by atoms with Crippen molar-refractivity contribution in [3.63, 3.8) is 0 Å². The maximum absolute atomic E-state index is 12.0. The molecule has 0 radical (unpaired) electrons. The number of benzene rings is 2. The Balaban J connectivity index is 1.71. The van der Waals surface area contributed by atoms with E-state index < -0.39 is 12.0 Å². The number of amides is 1. The first-order chi connectivity index (χ1) is 14.0. The Labute approximate surface area is 167 Å². The highest BCUT2D eigenvalue weighted by Gasteiger charge is 2.22. The molecule has 0 spiro atoms. The quantitative estimate of drug-likeness (QED) is 0.693. The van der Waals surface area contributed by atoms with Gasteiger partial charge in [-0.25, -0.2) is 4.98 Å². The lowest BCUT2D eigenvalue weighted by molar-refractivity contribution is 0.0932. The number of hydrogen-bond donors (Lipinski definition) is 2. The van der Waals surface area contributed by atoms with Crippen molar-refractivity contribution in [1.29, 1.82) is 0 Å². The number of hydrogen-bond acceptors (Lipinski definition) is 6. The number of nitrogens with two attached hydrogens (primary N) is 2. The predicted octanol–water partition coefficient (Wildman–Crippen LogP) is 2.90. The number of ether oxygens (including phenoxy) is 2. The van der Waals surface area contributed by atoms with Crippen molar-refractivity contribution >= 4 is 17.5 Å². The third-order valence-corrected chi connectivity index (χ3v) is 4.70. The Bertz CT molecular complexity index is 1080. The topological polar surface area (TPSA) is 118 Å². The number of anilines is 1. The molecule has 29 heavy (non-hydrogen) atoms. The zero-order chi connectivity index (χ0) is 20.4. The van der Waals surface area contributed by atoms with E-state index >= 15 is 0 Å². The fraction of sp³-hybridized carbons (Fsp3) is 0.136. The molecule has 7 heteroatoms. The third kappa shape index (κ3) is 3.89. The van der Waals surface area contributed by atoms with Gasteiger partial charge in [0.15, 0.2) is 5.78 Å². The van der Waals surface area contributed by atoms with Gasteiger partial charge in [0.2, 0.25) is 5.91 Å². The molecule has 2 heterocycles. The molecular formula is C22H19N3O4. The summed E-state index contributed by atoms with van der Waals surface area (Å²) >= 11 is 0. The average molecular weight is 389 g/mol. The van der Waals surface area contributed by atoms with Crippen molar-refractivity contribution in [3.8, 4) is 11.5 Å². The molecule has 0 fully saturated rings. The molecule has 1 unspecified atom stereocenters. The SMILES string of the molecule is NC(=O)c1ccc(C(Oc2ccc3c(c2)OCCC3=O)c2ccnc(N)c2)cc1. The monoisotopic (exact) mass is 389 g/mol. The number of rotatable bonds is 5. The molecule has 1 amide bonds. The number of primary amides is 1. The Morgan fingerprint density at radius 2 is 1.86 bits per heavy atom. The Kier molecular flexibility index (Phi) is 4.87. The van der Waals surface area contributed by atoms with Gasteiger partial charge in [-0.15, -0.1) is 0 Å². The largest absolute Gasteiger partial charge is 0.492 e. The van der Waals surface area contributed by atoms with Crippen LogP contribution in [0.2, 0.25) is 0 Å². The number of nitrogens with zero attached hydrogens (tertiary/aromatic N) is 1.